The van der Waals surface area contributed by atoms with Crippen molar-refractivity contribution in [2.75, 3.05) is 0 Å². The van der Waals surface area contributed by atoms with E-state index in [4.69, 9.17) is 5.73 Å². The normalized spacial score (nSPS) is 24.6. The van der Waals surface area contributed by atoms with E-state index in [0.717, 1.165) is 5.82 Å². The van der Waals surface area contributed by atoms with Crippen molar-refractivity contribution in [3.05, 3.63) is 18.2 Å². The van der Waals surface area contributed by atoms with Crippen LogP contribution in [0.15, 0.2) is 12.4 Å². The molecule has 5 nitrogen and oxygen atoms in total. The summed E-state index contributed by atoms with van der Waals surface area (Å²) < 4.78 is 2.10. The molecule has 0 radical (unpaired) electrons. The number of nitrogens with two attached hydrogens (primary N) is 1. The highest BCUT2D eigenvalue weighted by atomic mass is 16.2. The van der Waals surface area contributed by atoms with E-state index in [9.17, 15) is 4.79 Å². The van der Waals surface area contributed by atoms with E-state index >= 15 is 0 Å². The van der Waals surface area contributed by atoms with Crippen molar-refractivity contribution < 1.29 is 4.79 Å². The molecular weight excluding hydrogens is 228 g/mol. The first kappa shape index (κ1) is 13.1. The Hall–Kier alpha value is -1.36. The van der Waals surface area contributed by atoms with Gasteiger partial charge in [-0.2, -0.15) is 0 Å². The Morgan fingerprint density at radius 2 is 2.00 bits per heavy atom. The van der Waals surface area contributed by atoms with Crippen molar-refractivity contribution in [2.45, 2.75) is 58.3 Å². The SMILES string of the molecule is CC(C)N1C(=O)C[C@@H](N)[C@@H]1c1nccn1C(C)C. The molecule has 0 aliphatic carbocycles. The third kappa shape index (κ3) is 2.03. The number of amides is 1. The molecular formula is C13H22N4O. The minimum absolute atomic E-state index is 0.102. The van der Waals surface area contributed by atoms with Gasteiger partial charge in [0, 0.05) is 36.9 Å². The average Bonchev–Trinajstić information content (AvgIpc) is 2.81. The van der Waals surface area contributed by atoms with Crippen molar-refractivity contribution in [1.29, 1.82) is 0 Å². The summed E-state index contributed by atoms with van der Waals surface area (Å²) in [6, 6.07) is 0.197. The van der Waals surface area contributed by atoms with Gasteiger partial charge >= 0.3 is 0 Å². The molecule has 0 saturated carbocycles. The Balaban J connectivity index is 2.41. The van der Waals surface area contributed by atoms with Gasteiger partial charge in [0.05, 0.1) is 0 Å². The molecule has 2 rings (SSSR count). The van der Waals surface area contributed by atoms with Crippen LogP contribution in [0.3, 0.4) is 0 Å². The van der Waals surface area contributed by atoms with Crippen LogP contribution in [0.1, 0.15) is 52.0 Å². The number of carbonyl (C=O) groups is 1. The summed E-state index contributed by atoms with van der Waals surface area (Å²) in [5.41, 5.74) is 6.14. The lowest BCUT2D eigenvalue weighted by atomic mass is 10.1. The summed E-state index contributed by atoms with van der Waals surface area (Å²) in [4.78, 5) is 18.3. The highest BCUT2D eigenvalue weighted by Gasteiger charge is 2.42. The van der Waals surface area contributed by atoms with Gasteiger partial charge in [-0.05, 0) is 27.7 Å². The van der Waals surface area contributed by atoms with Crippen molar-refractivity contribution in [3.63, 3.8) is 0 Å². The van der Waals surface area contributed by atoms with Crippen LogP contribution >= 0.6 is 0 Å². The number of nitrogens with zero attached hydrogens (tertiary/aromatic N) is 3. The molecule has 2 heterocycles. The third-order valence-corrected chi connectivity index (χ3v) is 3.48. The number of aromatic nitrogens is 2. The van der Waals surface area contributed by atoms with Crippen molar-refractivity contribution in [1.82, 2.24) is 14.5 Å². The van der Waals surface area contributed by atoms with Crippen LogP contribution < -0.4 is 5.73 Å². The molecule has 2 atom stereocenters. The molecule has 1 amide bonds. The van der Waals surface area contributed by atoms with Gasteiger partial charge in [0.1, 0.15) is 11.9 Å². The van der Waals surface area contributed by atoms with E-state index < -0.39 is 0 Å². The Bertz CT molecular complexity index is 438. The summed E-state index contributed by atoms with van der Waals surface area (Å²) in [6.45, 7) is 8.25. The van der Waals surface area contributed by atoms with Crippen LogP contribution in [0.25, 0.3) is 0 Å². The molecule has 1 aliphatic heterocycles. The fourth-order valence-electron chi connectivity index (χ4n) is 2.70. The molecule has 5 heteroatoms. The zero-order valence-corrected chi connectivity index (χ0v) is 11.5. The monoisotopic (exact) mass is 250 g/mol. The summed E-state index contributed by atoms with van der Waals surface area (Å²) in [5, 5.41) is 0. The summed E-state index contributed by atoms with van der Waals surface area (Å²) >= 11 is 0. The molecule has 0 unspecified atom stereocenters. The predicted octanol–water partition coefficient (Wildman–Crippen LogP) is 1.47. The number of likely N-dealkylation sites (tertiary alicyclic amines) is 1. The topological polar surface area (TPSA) is 64.2 Å². The Kier molecular flexibility index (Phi) is 3.43. The quantitative estimate of drug-likeness (QED) is 0.883. The van der Waals surface area contributed by atoms with Gasteiger partial charge in [0.15, 0.2) is 0 Å². The zero-order valence-electron chi connectivity index (χ0n) is 11.5. The van der Waals surface area contributed by atoms with Gasteiger partial charge < -0.3 is 15.2 Å². The molecule has 100 valence electrons. The van der Waals surface area contributed by atoms with Crippen LogP contribution in [-0.2, 0) is 4.79 Å². The highest BCUT2D eigenvalue weighted by molar-refractivity contribution is 5.80. The van der Waals surface area contributed by atoms with Crippen LogP contribution in [-0.4, -0.2) is 32.4 Å². The molecule has 1 fully saturated rings. The largest absolute Gasteiger partial charge is 0.331 e. The summed E-state index contributed by atoms with van der Waals surface area (Å²) in [5.74, 6) is 1.03. The van der Waals surface area contributed by atoms with Gasteiger partial charge in [-0.3, -0.25) is 4.79 Å². The van der Waals surface area contributed by atoms with Crippen LogP contribution in [0.5, 0.6) is 0 Å². The van der Waals surface area contributed by atoms with E-state index in [1.54, 1.807) is 6.20 Å². The van der Waals surface area contributed by atoms with Crippen molar-refractivity contribution in [3.8, 4) is 0 Å². The van der Waals surface area contributed by atoms with E-state index in [1.165, 1.54) is 0 Å². The molecule has 0 spiro atoms. The van der Waals surface area contributed by atoms with E-state index in [-0.39, 0.29) is 24.0 Å². The number of hydrogen-bond donors (Lipinski definition) is 1. The van der Waals surface area contributed by atoms with Crippen LogP contribution in [0.4, 0.5) is 0 Å². The molecule has 1 aromatic rings. The second-order valence-corrected chi connectivity index (χ2v) is 5.49. The average molecular weight is 250 g/mol. The fraction of sp³-hybridized carbons (Fsp3) is 0.692. The van der Waals surface area contributed by atoms with Crippen molar-refractivity contribution in [2.24, 2.45) is 5.73 Å². The molecule has 18 heavy (non-hydrogen) atoms. The first-order chi connectivity index (χ1) is 8.43. The van der Waals surface area contributed by atoms with Gasteiger partial charge in [-0.1, -0.05) is 0 Å². The van der Waals surface area contributed by atoms with Gasteiger partial charge in [0.2, 0.25) is 5.91 Å². The smallest absolute Gasteiger partial charge is 0.225 e. The maximum atomic E-state index is 12.0. The van der Waals surface area contributed by atoms with Gasteiger partial charge in [-0.25, -0.2) is 4.98 Å². The predicted molar refractivity (Wildman–Crippen MR) is 69.9 cm³/mol. The first-order valence-corrected chi connectivity index (χ1v) is 6.53. The number of imidazole rings is 1. The lowest BCUT2D eigenvalue weighted by Gasteiger charge is -2.30. The molecule has 1 aliphatic rings. The second-order valence-electron chi connectivity index (χ2n) is 5.49. The zero-order chi connectivity index (χ0) is 13.4. The molecule has 1 aromatic heterocycles. The molecule has 1 saturated heterocycles. The first-order valence-electron chi connectivity index (χ1n) is 6.53. The van der Waals surface area contributed by atoms with Gasteiger partial charge in [-0.15, -0.1) is 0 Å². The Morgan fingerprint density at radius 1 is 1.33 bits per heavy atom. The number of hydrogen-bond acceptors (Lipinski definition) is 3. The summed E-state index contributed by atoms with van der Waals surface area (Å²) in [7, 11) is 0. The summed E-state index contributed by atoms with van der Waals surface area (Å²) in [6.07, 6.45) is 4.14. The lowest BCUT2D eigenvalue weighted by molar-refractivity contribution is -0.130. The fourth-order valence-corrected chi connectivity index (χ4v) is 2.70. The number of rotatable bonds is 3. The van der Waals surface area contributed by atoms with E-state index in [1.807, 2.05) is 24.9 Å². The Morgan fingerprint density at radius 3 is 2.56 bits per heavy atom. The van der Waals surface area contributed by atoms with Crippen molar-refractivity contribution >= 4 is 5.91 Å². The minimum atomic E-state index is -0.167. The maximum absolute atomic E-state index is 12.0. The Labute approximate surface area is 108 Å². The minimum Gasteiger partial charge on any atom is -0.331 e. The maximum Gasteiger partial charge on any atom is 0.225 e. The molecule has 0 bridgehead atoms. The third-order valence-electron chi connectivity index (χ3n) is 3.48. The van der Waals surface area contributed by atoms with Gasteiger partial charge in [0.25, 0.3) is 0 Å². The number of carbonyl (C=O) groups excluding carboxylic acids is 1. The standard InChI is InChI=1S/C13H22N4O/c1-8(2)16-6-5-15-13(16)12-10(14)7-11(18)17(12)9(3)4/h5-6,8-10,12H,7,14H2,1-4H3/t10-,12-/m1/s1. The lowest BCUT2D eigenvalue weighted by Crippen LogP contribution is -2.39. The van der Waals surface area contributed by atoms with E-state index in [0.29, 0.717) is 12.5 Å². The highest BCUT2D eigenvalue weighted by Crippen LogP contribution is 2.33. The van der Waals surface area contributed by atoms with E-state index in [2.05, 4.69) is 23.4 Å². The molecule has 2 N–H and O–H groups in total. The molecule has 0 aromatic carbocycles. The second kappa shape index (κ2) is 4.72. The van der Waals surface area contributed by atoms with Crippen LogP contribution in [0.2, 0.25) is 0 Å². The van der Waals surface area contributed by atoms with Crippen LogP contribution in [0, 0.1) is 0 Å².